The molecule has 0 radical (unpaired) electrons. The predicted octanol–water partition coefficient (Wildman–Crippen LogP) is 0.347. The number of carbonyl (C=O) groups is 2. The van der Waals surface area contributed by atoms with Crippen molar-refractivity contribution in [1.82, 2.24) is 9.88 Å². The number of benzene rings is 1. The zero-order valence-corrected chi connectivity index (χ0v) is 17.3. The van der Waals surface area contributed by atoms with Crippen LogP contribution in [-0.2, 0) is 10.4 Å². The smallest absolute Gasteiger partial charge is 0.277 e. The SMILES string of the molecule is CN1CC[C@@](O)(C#Cc2ccc3c(c2)-c2nc(C(N)=O)sc2[C@](O)(CC#N)CO3)C1=O. The number of rotatable bonds is 2. The zero-order chi connectivity index (χ0) is 22.4. The Morgan fingerprint density at radius 1 is 1.45 bits per heavy atom. The zero-order valence-electron chi connectivity index (χ0n) is 16.5. The van der Waals surface area contributed by atoms with Crippen LogP contribution in [0.2, 0.25) is 0 Å². The van der Waals surface area contributed by atoms with E-state index in [0.717, 1.165) is 11.3 Å². The number of nitriles is 1. The topological polar surface area (TPSA) is 150 Å². The van der Waals surface area contributed by atoms with E-state index in [1.165, 1.54) is 4.90 Å². The van der Waals surface area contributed by atoms with Gasteiger partial charge in [-0.15, -0.1) is 11.3 Å². The second-order valence-corrected chi connectivity index (χ2v) is 8.51. The molecule has 1 saturated heterocycles. The Hall–Kier alpha value is -3.44. The quantitative estimate of drug-likeness (QED) is 0.573. The Balaban J connectivity index is 1.81. The predicted molar refractivity (Wildman–Crippen MR) is 110 cm³/mol. The number of nitrogens with zero attached hydrogens (tertiary/aromatic N) is 3. The number of hydrogen-bond donors (Lipinski definition) is 3. The first-order valence-corrected chi connectivity index (χ1v) is 10.2. The van der Waals surface area contributed by atoms with Crippen molar-refractivity contribution in [1.29, 1.82) is 5.26 Å². The van der Waals surface area contributed by atoms with Gasteiger partial charge in [-0.05, 0) is 18.2 Å². The average molecular weight is 438 g/mol. The number of carbonyl (C=O) groups excluding carboxylic acids is 2. The van der Waals surface area contributed by atoms with E-state index in [0.29, 0.717) is 28.3 Å². The monoisotopic (exact) mass is 438 g/mol. The van der Waals surface area contributed by atoms with Gasteiger partial charge in [-0.2, -0.15) is 5.26 Å². The van der Waals surface area contributed by atoms with E-state index in [4.69, 9.17) is 10.5 Å². The minimum atomic E-state index is -1.74. The summed E-state index contributed by atoms with van der Waals surface area (Å²) in [6.07, 6.45) is -0.0491. The maximum absolute atomic E-state index is 12.1. The van der Waals surface area contributed by atoms with Crippen LogP contribution in [0.4, 0.5) is 0 Å². The third kappa shape index (κ3) is 3.51. The molecule has 31 heavy (non-hydrogen) atoms. The van der Waals surface area contributed by atoms with Crippen LogP contribution in [0.25, 0.3) is 11.3 Å². The molecule has 2 aliphatic heterocycles. The van der Waals surface area contributed by atoms with E-state index < -0.39 is 23.0 Å². The van der Waals surface area contributed by atoms with Gasteiger partial charge in [-0.1, -0.05) is 11.8 Å². The van der Waals surface area contributed by atoms with Gasteiger partial charge in [0, 0.05) is 31.1 Å². The molecular formula is C21H18N4O5S. The molecule has 0 aliphatic carbocycles. The van der Waals surface area contributed by atoms with Crippen molar-refractivity contribution in [3.8, 4) is 34.9 Å². The number of primary amides is 1. The minimum absolute atomic E-state index is 0.000368. The maximum atomic E-state index is 12.1. The molecule has 1 fully saturated rings. The Kier molecular flexibility index (Phi) is 4.94. The molecule has 4 rings (SSSR count). The number of hydrogen-bond acceptors (Lipinski definition) is 8. The van der Waals surface area contributed by atoms with Gasteiger partial charge < -0.3 is 25.6 Å². The van der Waals surface area contributed by atoms with Gasteiger partial charge in [0.25, 0.3) is 11.8 Å². The van der Waals surface area contributed by atoms with Gasteiger partial charge in [0.2, 0.25) is 5.60 Å². The van der Waals surface area contributed by atoms with E-state index in [1.54, 1.807) is 25.2 Å². The van der Waals surface area contributed by atoms with Crippen molar-refractivity contribution >= 4 is 23.2 Å². The van der Waals surface area contributed by atoms with Gasteiger partial charge in [0.05, 0.1) is 23.1 Å². The molecule has 0 spiro atoms. The summed E-state index contributed by atoms with van der Waals surface area (Å²) >= 11 is 0.914. The first-order valence-electron chi connectivity index (χ1n) is 9.36. The number of thiazole rings is 1. The Bertz CT molecular complexity index is 1210. The lowest BCUT2D eigenvalue weighted by atomic mass is 9.96. The fraction of sp³-hybridized carbons (Fsp3) is 0.333. The maximum Gasteiger partial charge on any atom is 0.277 e. The third-order valence-corrected chi connectivity index (χ3v) is 6.52. The number of aliphatic hydroxyl groups is 2. The first kappa shape index (κ1) is 20.8. The number of likely N-dealkylation sites (tertiary alicyclic amines) is 1. The van der Waals surface area contributed by atoms with Crippen molar-refractivity contribution in [3.63, 3.8) is 0 Å². The second kappa shape index (κ2) is 7.36. The molecule has 2 aromatic rings. The highest BCUT2D eigenvalue weighted by Gasteiger charge is 2.42. The fourth-order valence-corrected chi connectivity index (χ4v) is 4.52. The molecule has 10 heteroatoms. The van der Waals surface area contributed by atoms with Crippen LogP contribution in [0.3, 0.4) is 0 Å². The number of nitrogens with two attached hydrogens (primary N) is 1. The lowest BCUT2D eigenvalue weighted by Crippen LogP contribution is -2.37. The average Bonchev–Trinajstić information content (AvgIpc) is 3.27. The van der Waals surface area contributed by atoms with Gasteiger partial charge >= 0.3 is 0 Å². The number of ether oxygens (including phenoxy) is 1. The normalized spacial score (nSPS) is 24.2. The molecular weight excluding hydrogens is 420 g/mol. The van der Waals surface area contributed by atoms with E-state index in [1.807, 2.05) is 6.07 Å². The largest absolute Gasteiger partial charge is 0.489 e. The summed E-state index contributed by atoms with van der Waals surface area (Å²) in [7, 11) is 1.60. The highest BCUT2D eigenvalue weighted by atomic mass is 32.1. The van der Waals surface area contributed by atoms with Crippen LogP contribution in [0, 0.1) is 23.2 Å². The Morgan fingerprint density at radius 3 is 2.87 bits per heavy atom. The fourth-order valence-electron chi connectivity index (χ4n) is 3.51. The Morgan fingerprint density at radius 2 is 2.23 bits per heavy atom. The molecule has 3 heterocycles. The summed E-state index contributed by atoms with van der Waals surface area (Å²) in [6, 6.07) is 6.84. The number of likely N-dealkylation sites (N-methyl/N-ethyl adjacent to an activating group) is 1. The molecule has 2 aliphatic rings. The van der Waals surface area contributed by atoms with Crippen molar-refractivity contribution in [3.05, 3.63) is 33.6 Å². The standard InChI is InChI=1S/C21H18N4O5S/c1-25-9-7-20(28,19(25)27)5-4-12-2-3-14-13(10-12)15-16(31-18(24-15)17(23)26)21(29,6-8-22)11-30-14/h2-3,10,28-29H,6-7,9,11H2,1H3,(H2,23,26)/t20-,21-/m0/s1. The summed E-state index contributed by atoms with van der Waals surface area (Å²) in [4.78, 5) is 29.8. The van der Waals surface area contributed by atoms with Gasteiger partial charge in [-0.25, -0.2) is 4.98 Å². The molecule has 0 unspecified atom stereocenters. The van der Waals surface area contributed by atoms with Crippen molar-refractivity contribution < 1.29 is 24.5 Å². The lowest BCUT2D eigenvalue weighted by Gasteiger charge is -2.22. The van der Waals surface area contributed by atoms with Gasteiger partial charge in [-0.3, -0.25) is 9.59 Å². The number of amides is 2. The van der Waals surface area contributed by atoms with Crippen LogP contribution in [-0.4, -0.2) is 57.7 Å². The van der Waals surface area contributed by atoms with Crippen LogP contribution in [0.5, 0.6) is 5.75 Å². The van der Waals surface area contributed by atoms with Crippen molar-refractivity contribution in [2.45, 2.75) is 24.0 Å². The van der Waals surface area contributed by atoms with E-state index >= 15 is 0 Å². The molecule has 158 valence electrons. The van der Waals surface area contributed by atoms with Crippen LogP contribution < -0.4 is 10.5 Å². The van der Waals surface area contributed by atoms with Crippen LogP contribution in [0.1, 0.15) is 33.1 Å². The summed E-state index contributed by atoms with van der Waals surface area (Å²) in [5.41, 5.74) is 3.20. The van der Waals surface area contributed by atoms with E-state index in [2.05, 4.69) is 16.8 Å². The third-order valence-electron chi connectivity index (χ3n) is 5.26. The first-order chi connectivity index (χ1) is 14.7. The number of fused-ring (bicyclic) bond motifs is 3. The summed E-state index contributed by atoms with van der Waals surface area (Å²) in [6.45, 7) is 0.212. The minimum Gasteiger partial charge on any atom is -0.489 e. The van der Waals surface area contributed by atoms with Crippen molar-refractivity contribution in [2.24, 2.45) is 5.73 Å². The van der Waals surface area contributed by atoms with Gasteiger partial charge in [0.1, 0.15) is 18.0 Å². The highest BCUT2D eigenvalue weighted by Crippen LogP contribution is 2.44. The van der Waals surface area contributed by atoms with Crippen LogP contribution >= 0.6 is 11.3 Å². The van der Waals surface area contributed by atoms with Crippen LogP contribution in [0.15, 0.2) is 18.2 Å². The van der Waals surface area contributed by atoms with Crippen molar-refractivity contribution in [2.75, 3.05) is 20.2 Å². The van der Waals surface area contributed by atoms with E-state index in [-0.39, 0.29) is 30.2 Å². The lowest BCUT2D eigenvalue weighted by molar-refractivity contribution is -0.137. The molecule has 1 aromatic carbocycles. The molecule has 0 saturated carbocycles. The molecule has 1 aromatic heterocycles. The molecule has 2 amide bonds. The summed E-state index contributed by atoms with van der Waals surface area (Å²) < 4.78 is 5.73. The summed E-state index contributed by atoms with van der Waals surface area (Å²) in [5, 5.41) is 30.7. The Labute approximate surface area is 181 Å². The number of aromatic nitrogens is 1. The molecule has 4 N–H and O–H groups in total. The molecule has 2 atom stereocenters. The molecule has 0 bridgehead atoms. The van der Waals surface area contributed by atoms with E-state index in [9.17, 15) is 25.1 Å². The highest BCUT2D eigenvalue weighted by molar-refractivity contribution is 7.14. The van der Waals surface area contributed by atoms with Gasteiger partial charge in [0.15, 0.2) is 5.01 Å². The molecule has 9 nitrogen and oxygen atoms in total. The second-order valence-electron chi connectivity index (χ2n) is 7.51. The summed E-state index contributed by atoms with van der Waals surface area (Å²) in [5.74, 6) is 4.66.